The van der Waals surface area contributed by atoms with E-state index < -0.39 is 0 Å². The Bertz CT molecular complexity index is 1180. The molecule has 0 spiro atoms. The number of nitrogens with zero attached hydrogens (tertiary/aromatic N) is 6. The van der Waals surface area contributed by atoms with Crippen LogP contribution in [0.2, 0.25) is 0 Å². The molecule has 0 aliphatic carbocycles. The zero-order valence-corrected chi connectivity index (χ0v) is 44.2. The van der Waals surface area contributed by atoms with Crippen LogP contribution in [0.5, 0.6) is 0 Å². The molecule has 5 rings (SSSR count). The van der Waals surface area contributed by atoms with Gasteiger partial charge in [0.2, 0.25) is 0 Å². The largest absolute Gasteiger partial charge is 0.301 e. The second-order valence-electron chi connectivity index (χ2n) is 21.7. The first kappa shape index (κ1) is 56.7. The molecule has 2 atom stereocenters. The molecule has 0 amide bonds. The van der Waals surface area contributed by atoms with E-state index in [1.165, 1.54) is 89.4 Å². The number of hydrogen-bond donors (Lipinski definition) is 0. The first-order chi connectivity index (χ1) is 28.0. The van der Waals surface area contributed by atoms with Gasteiger partial charge in [0.05, 0.1) is 0 Å². The Morgan fingerprint density at radius 1 is 0.417 bits per heavy atom. The van der Waals surface area contributed by atoms with E-state index in [0.29, 0.717) is 30.0 Å². The molecule has 0 bridgehead atoms. The summed E-state index contributed by atoms with van der Waals surface area (Å²) in [6.07, 6.45) is 5.10. The molecular weight excluding hydrogens is 733 g/mol. The van der Waals surface area contributed by atoms with Crippen LogP contribution in [0, 0.1) is 17.8 Å². The average molecular weight is 839 g/mol. The molecule has 4 aliphatic heterocycles. The van der Waals surface area contributed by atoms with Gasteiger partial charge in [0.1, 0.15) is 0 Å². The number of rotatable bonds is 10. The van der Waals surface area contributed by atoms with Crippen molar-refractivity contribution in [3.05, 3.63) is 47.0 Å². The topological polar surface area (TPSA) is 19.4 Å². The number of benzene rings is 1. The smallest absolute Gasteiger partial charge is 0.0198 e. The van der Waals surface area contributed by atoms with Gasteiger partial charge in [-0.3, -0.25) is 24.5 Å². The fraction of sp³-hybridized carbons (Fsp3) is 0.852. The van der Waals surface area contributed by atoms with Crippen molar-refractivity contribution in [3.63, 3.8) is 0 Å². The molecular formula is C54H106N6. The van der Waals surface area contributed by atoms with Crippen LogP contribution in [0.25, 0.3) is 0 Å². The summed E-state index contributed by atoms with van der Waals surface area (Å²) >= 11 is 0. The zero-order valence-electron chi connectivity index (χ0n) is 44.2. The summed E-state index contributed by atoms with van der Waals surface area (Å²) in [7, 11) is 0. The fourth-order valence-corrected chi connectivity index (χ4v) is 8.79. The first-order valence-electron chi connectivity index (χ1n) is 25.2. The summed E-state index contributed by atoms with van der Waals surface area (Å²) in [5, 5.41) is 0. The van der Waals surface area contributed by atoms with Crippen molar-refractivity contribution in [3.8, 4) is 0 Å². The van der Waals surface area contributed by atoms with E-state index in [9.17, 15) is 0 Å². The molecule has 4 heterocycles. The third kappa shape index (κ3) is 21.4. The van der Waals surface area contributed by atoms with E-state index in [2.05, 4.69) is 205 Å². The van der Waals surface area contributed by atoms with Crippen LogP contribution in [-0.2, 0) is 0 Å². The summed E-state index contributed by atoms with van der Waals surface area (Å²) in [5.41, 5.74) is 4.51. The summed E-state index contributed by atoms with van der Waals surface area (Å²) in [4.78, 5) is 15.4. The fourth-order valence-electron chi connectivity index (χ4n) is 8.79. The van der Waals surface area contributed by atoms with Crippen LogP contribution in [0.1, 0.15) is 181 Å². The Balaban J connectivity index is 0.000000375. The summed E-state index contributed by atoms with van der Waals surface area (Å²) in [6.45, 7) is 61.7. The number of piperazine rings is 2. The lowest BCUT2D eigenvalue weighted by atomic mass is 9.95. The van der Waals surface area contributed by atoms with E-state index >= 15 is 0 Å². The van der Waals surface area contributed by atoms with Crippen LogP contribution in [-0.4, -0.2) is 144 Å². The van der Waals surface area contributed by atoms with Crippen LogP contribution < -0.4 is 0 Å². The SMILES string of the molecule is CC(C)C1=CCN(C(C)C)CC1.CC(C)C1CCN(C(C)C)C1.CC(C)N1CCN(C(C)C)C(C)C1.CC(C)N1CCN(C(C)C)CC1.CC(C)c1ccc(C(C)C)cc1. The van der Waals surface area contributed by atoms with Gasteiger partial charge in [0.25, 0.3) is 0 Å². The highest BCUT2D eigenvalue weighted by atomic mass is 15.3. The first-order valence-corrected chi connectivity index (χ1v) is 25.2. The Morgan fingerprint density at radius 2 is 0.817 bits per heavy atom. The monoisotopic (exact) mass is 839 g/mol. The predicted molar refractivity (Wildman–Crippen MR) is 270 cm³/mol. The molecule has 0 saturated carbocycles. The Labute approximate surface area is 377 Å². The number of likely N-dealkylation sites (tertiary alicyclic amines) is 1. The summed E-state index contributed by atoms with van der Waals surface area (Å²) in [5.74, 6) is 3.87. The lowest BCUT2D eigenvalue weighted by molar-refractivity contribution is 0.0447. The molecule has 2 unspecified atom stereocenters. The van der Waals surface area contributed by atoms with Gasteiger partial charge in [-0.05, 0) is 150 Å². The molecule has 3 fully saturated rings. The average Bonchev–Trinajstić information content (AvgIpc) is 3.71. The predicted octanol–water partition coefficient (Wildman–Crippen LogP) is 12.2. The third-order valence-corrected chi connectivity index (χ3v) is 13.9. The van der Waals surface area contributed by atoms with Crippen LogP contribution in [0.4, 0.5) is 0 Å². The highest BCUT2D eigenvalue weighted by Gasteiger charge is 2.27. The highest BCUT2D eigenvalue weighted by molar-refractivity contribution is 5.26. The Hall–Kier alpha value is -1.28. The van der Waals surface area contributed by atoms with Gasteiger partial charge in [-0.1, -0.05) is 91.3 Å². The molecule has 1 aromatic rings. The van der Waals surface area contributed by atoms with Crippen molar-refractivity contribution in [1.29, 1.82) is 0 Å². The standard InChI is InChI=1S/C12H18.C11H24N2.C11H21N.C10H22N2.C10H21N/c1-9(2)11-5-7-12(8-6-11)10(3)4;1-9(2)12-6-7-13(10(3)4)11(5)8-12;2*1-9(2)11-5-7-12(8-6-11)10(3)4;1-8(2)10-5-6-11(7-10)9(3)4/h5-10H,1-4H3;9-11H,6-8H2,1-5H3;5,9-10H,6-8H2,1-4H3;9-10H,5-8H2,1-4H3;8-10H,5-7H2,1-4H3. The molecule has 0 radical (unpaired) electrons. The summed E-state index contributed by atoms with van der Waals surface area (Å²) < 4.78 is 0. The van der Waals surface area contributed by atoms with E-state index in [4.69, 9.17) is 0 Å². The van der Waals surface area contributed by atoms with Crippen LogP contribution in [0.15, 0.2) is 35.9 Å². The minimum Gasteiger partial charge on any atom is -0.301 e. The van der Waals surface area contributed by atoms with Crippen molar-refractivity contribution in [2.45, 2.75) is 212 Å². The second kappa shape index (κ2) is 29.2. The van der Waals surface area contributed by atoms with Gasteiger partial charge in [0, 0.05) is 108 Å². The van der Waals surface area contributed by atoms with E-state index in [1.54, 1.807) is 5.57 Å². The van der Waals surface area contributed by atoms with Crippen molar-refractivity contribution >= 4 is 0 Å². The molecule has 6 nitrogen and oxygen atoms in total. The van der Waals surface area contributed by atoms with Gasteiger partial charge in [0.15, 0.2) is 0 Å². The van der Waals surface area contributed by atoms with Crippen LogP contribution in [0.3, 0.4) is 0 Å². The minimum atomic E-state index is 0.645. The van der Waals surface area contributed by atoms with Gasteiger partial charge < -0.3 is 4.90 Å². The molecule has 6 heteroatoms. The maximum atomic E-state index is 2.60. The second-order valence-corrected chi connectivity index (χ2v) is 21.7. The van der Waals surface area contributed by atoms with Crippen molar-refractivity contribution in [1.82, 2.24) is 29.4 Å². The number of hydrogen-bond acceptors (Lipinski definition) is 6. The zero-order chi connectivity index (χ0) is 45.9. The van der Waals surface area contributed by atoms with Crippen LogP contribution >= 0.6 is 0 Å². The van der Waals surface area contributed by atoms with Crippen molar-refractivity contribution in [2.75, 3.05) is 72.0 Å². The third-order valence-electron chi connectivity index (χ3n) is 13.9. The lowest BCUT2D eigenvalue weighted by Gasteiger charge is -2.43. The molecule has 0 N–H and O–H groups in total. The molecule has 4 aliphatic rings. The van der Waals surface area contributed by atoms with Gasteiger partial charge >= 0.3 is 0 Å². The Kier molecular flexibility index (Phi) is 27.6. The van der Waals surface area contributed by atoms with E-state index in [0.717, 1.165) is 48.5 Å². The maximum absolute atomic E-state index is 2.60. The van der Waals surface area contributed by atoms with Crippen molar-refractivity contribution in [2.24, 2.45) is 17.8 Å². The Morgan fingerprint density at radius 3 is 1.08 bits per heavy atom. The van der Waals surface area contributed by atoms with Gasteiger partial charge in [-0.15, -0.1) is 0 Å². The van der Waals surface area contributed by atoms with Gasteiger partial charge in [-0.25, -0.2) is 0 Å². The van der Waals surface area contributed by atoms with E-state index in [-0.39, 0.29) is 0 Å². The van der Waals surface area contributed by atoms with E-state index in [1.807, 2.05) is 0 Å². The van der Waals surface area contributed by atoms with Crippen molar-refractivity contribution < 1.29 is 0 Å². The highest BCUT2D eigenvalue weighted by Crippen LogP contribution is 2.25. The quantitative estimate of drug-likeness (QED) is 0.217. The van der Waals surface area contributed by atoms with Gasteiger partial charge in [-0.2, -0.15) is 0 Å². The molecule has 352 valence electrons. The molecule has 1 aromatic carbocycles. The molecule has 0 aromatic heterocycles. The molecule has 3 saturated heterocycles. The normalized spacial score (nSPS) is 21.8. The minimum absolute atomic E-state index is 0.645. The molecule has 60 heavy (non-hydrogen) atoms. The maximum Gasteiger partial charge on any atom is 0.0198 e. The lowest BCUT2D eigenvalue weighted by Crippen LogP contribution is -2.55. The summed E-state index contributed by atoms with van der Waals surface area (Å²) in [6, 6.07) is 14.0.